The summed E-state index contributed by atoms with van der Waals surface area (Å²) >= 11 is 5.83. The third-order valence-electron chi connectivity index (χ3n) is 3.52. The Balaban J connectivity index is 2.16. The highest BCUT2D eigenvalue weighted by Gasteiger charge is 2.19. The van der Waals surface area contributed by atoms with Crippen molar-refractivity contribution in [2.45, 2.75) is 45.4 Å². The number of aryl methyl sites for hydroxylation is 1. The van der Waals surface area contributed by atoms with Crippen LogP contribution >= 0.6 is 11.6 Å². The Morgan fingerprint density at radius 2 is 2.00 bits per heavy atom. The number of anilines is 1. The minimum atomic E-state index is -0.485. The summed E-state index contributed by atoms with van der Waals surface area (Å²) in [4.78, 5) is 0. The minimum Gasteiger partial charge on any atom is -0.380 e. The van der Waals surface area contributed by atoms with Crippen molar-refractivity contribution in [2.75, 3.05) is 5.73 Å². The first kappa shape index (κ1) is 15.8. The number of unbranched alkanes of at least 4 members (excludes halogenated alkanes) is 4. The van der Waals surface area contributed by atoms with Crippen molar-refractivity contribution in [3.8, 4) is 11.1 Å². The van der Waals surface area contributed by atoms with Crippen LogP contribution in [-0.2, 0) is 6.42 Å². The molecule has 0 bridgehead atoms. The standard InChI is InChI=1S/C16H20ClFN2O/c1-2-3-4-5-6-10-13-14(16(19)20-21-13)11-8-7-9-12(17)15(11)18/h7-9H,2-6,10H2,1H3,(H2,19,20). The summed E-state index contributed by atoms with van der Waals surface area (Å²) in [7, 11) is 0. The molecule has 1 aromatic carbocycles. The molecule has 2 N–H and O–H groups in total. The number of nitrogens with zero attached hydrogens (tertiary/aromatic N) is 1. The van der Waals surface area contributed by atoms with Crippen LogP contribution < -0.4 is 5.73 Å². The van der Waals surface area contributed by atoms with Gasteiger partial charge >= 0.3 is 0 Å². The molecule has 3 nitrogen and oxygen atoms in total. The highest BCUT2D eigenvalue weighted by molar-refractivity contribution is 6.31. The van der Waals surface area contributed by atoms with Gasteiger partial charge in [-0.1, -0.05) is 61.5 Å². The van der Waals surface area contributed by atoms with Crippen LogP contribution in [0.25, 0.3) is 11.1 Å². The first-order valence-electron chi connectivity index (χ1n) is 7.33. The highest BCUT2D eigenvalue weighted by Crippen LogP contribution is 2.34. The van der Waals surface area contributed by atoms with Crippen molar-refractivity contribution in [3.05, 3.63) is 34.8 Å². The zero-order valence-electron chi connectivity index (χ0n) is 12.2. The second kappa shape index (κ2) is 7.46. The summed E-state index contributed by atoms with van der Waals surface area (Å²) in [6.45, 7) is 2.18. The van der Waals surface area contributed by atoms with Crippen molar-refractivity contribution in [1.29, 1.82) is 0 Å². The van der Waals surface area contributed by atoms with Crippen LogP contribution in [-0.4, -0.2) is 5.16 Å². The predicted molar refractivity (Wildman–Crippen MR) is 83.8 cm³/mol. The lowest BCUT2D eigenvalue weighted by Crippen LogP contribution is -1.94. The van der Waals surface area contributed by atoms with E-state index in [1.807, 2.05) is 0 Å². The molecule has 0 amide bonds. The van der Waals surface area contributed by atoms with Crippen LogP contribution in [0.4, 0.5) is 10.2 Å². The van der Waals surface area contributed by atoms with E-state index in [1.165, 1.54) is 25.3 Å². The Bertz CT molecular complexity index is 598. The lowest BCUT2D eigenvalue weighted by molar-refractivity contribution is 0.381. The van der Waals surface area contributed by atoms with Gasteiger partial charge in [-0.05, 0) is 12.5 Å². The van der Waals surface area contributed by atoms with Crippen molar-refractivity contribution in [1.82, 2.24) is 5.16 Å². The van der Waals surface area contributed by atoms with Crippen molar-refractivity contribution in [2.24, 2.45) is 0 Å². The molecule has 0 spiro atoms. The average Bonchev–Trinajstić information content (AvgIpc) is 2.83. The summed E-state index contributed by atoms with van der Waals surface area (Å²) in [5.41, 5.74) is 6.71. The van der Waals surface area contributed by atoms with Gasteiger partial charge in [-0.3, -0.25) is 0 Å². The first-order valence-corrected chi connectivity index (χ1v) is 7.71. The lowest BCUT2D eigenvalue weighted by atomic mass is 10.0. The van der Waals surface area contributed by atoms with Crippen molar-refractivity contribution >= 4 is 17.4 Å². The maximum atomic E-state index is 14.2. The summed E-state index contributed by atoms with van der Waals surface area (Å²) in [5.74, 6) is 0.353. The second-order valence-corrected chi connectivity index (χ2v) is 5.54. The first-order chi connectivity index (χ1) is 10.1. The summed E-state index contributed by atoms with van der Waals surface area (Å²) in [5, 5.41) is 3.84. The van der Waals surface area contributed by atoms with E-state index in [-0.39, 0.29) is 10.8 Å². The normalized spacial score (nSPS) is 11.0. The van der Waals surface area contributed by atoms with Crippen LogP contribution in [0, 0.1) is 5.82 Å². The number of rotatable bonds is 7. The van der Waals surface area contributed by atoms with Gasteiger partial charge in [0.05, 0.1) is 10.6 Å². The maximum Gasteiger partial charge on any atom is 0.175 e. The number of hydrogen-bond acceptors (Lipinski definition) is 3. The molecule has 2 aromatic rings. The second-order valence-electron chi connectivity index (χ2n) is 5.13. The maximum absolute atomic E-state index is 14.2. The molecule has 0 aliphatic heterocycles. The van der Waals surface area contributed by atoms with Gasteiger partial charge in [0, 0.05) is 12.0 Å². The molecule has 0 saturated carbocycles. The quantitative estimate of drug-likeness (QED) is 0.712. The molecular weight excluding hydrogens is 291 g/mol. The molecule has 0 fully saturated rings. The van der Waals surface area contributed by atoms with Gasteiger partial charge in [0.15, 0.2) is 5.82 Å². The molecule has 1 aromatic heterocycles. The molecule has 1 heterocycles. The van der Waals surface area contributed by atoms with E-state index in [0.29, 0.717) is 23.3 Å². The number of benzene rings is 1. The lowest BCUT2D eigenvalue weighted by Gasteiger charge is -2.05. The van der Waals surface area contributed by atoms with Crippen LogP contribution in [0.2, 0.25) is 5.02 Å². The van der Waals surface area contributed by atoms with Gasteiger partial charge in [-0.25, -0.2) is 4.39 Å². The zero-order valence-corrected chi connectivity index (χ0v) is 12.9. The van der Waals surface area contributed by atoms with Crippen molar-refractivity contribution in [3.63, 3.8) is 0 Å². The average molecular weight is 311 g/mol. The molecule has 114 valence electrons. The fourth-order valence-electron chi connectivity index (χ4n) is 2.38. The molecule has 0 aliphatic rings. The fraction of sp³-hybridized carbons (Fsp3) is 0.438. The largest absolute Gasteiger partial charge is 0.380 e. The Morgan fingerprint density at radius 3 is 2.76 bits per heavy atom. The minimum absolute atomic E-state index is 0.0713. The molecular formula is C16H20ClFN2O. The summed E-state index contributed by atoms with van der Waals surface area (Å²) in [6, 6.07) is 4.84. The van der Waals surface area contributed by atoms with E-state index < -0.39 is 5.82 Å². The van der Waals surface area contributed by atoms with Gasteiger partial charge in [0.2, 0.25) is 0 Å². The molecule has 2 rings (SSSR count). The SMILES string of the molecule is CCCCCCCc1onc(N)c1-c1cccc(Cl)c1F. The third-order valence-corrected chi connectivity index (χ3v) is 3.81. The van der Waals surface area contributed by atoms with E-state index in [9.17, 15) is 4.39 Å². The van der Waals surface area contributed by atoms with Gasteiger partial charge < -0.3 is 10.3 Å². The van der Waals surface area contributed by atoms with E-state index in [2.05, 4.69) is 12.1 Å². The number of nitrogens with two attached hydrogens (primary N) is 1. The Morgan fingerprint density at radius 1 is 1.24 bits per heavy atom. The van der Waals surface area contributed by atoms with E-state index in [0.717, 1.165) is 12.8 Å². The molecule has 0 saturated heterocycles. The smallest absolute Gasteiger partial charge is 0.175 e. The van der Waals surface area contributed by atoms with Gasteiger partial charge in [0.25, 0.3) is 0 Å². The van der Waals surface area contributed by atoms with E-state index in [4.69, 9.17) is 21.9 Å². The highest BCUT2D eigenvalue weighted by atomic mass is 35.5. The van der Waals surface area contributed by atoms with Crippen LogP contribution in [0.15, 0.2) is 22.7 Å². The number of aromatic nitrogens is 1. The summed E-state index contributed by atoms with van der Waals surface area (Å²) in [6.07, 6.45) is 6.43. The third kappa shape index (κ3) is 3.76. The number of halogens is 2. The van der Waals surface area contributed by atoms with Crippen LogP contribution in [0.5, 0.6) is 0 Å². The number of hydrogen-bond donors (Lipinski definition) is 1. The molecule has 0 atom stereocenters. The fourth-order valence-corrected chi connectivity index (χ4v) is 2.56. The van der Waals surface area contributed by atoms with Crippen LogP contribution in [0.3, 0.4) is 0 Å². The molecule has 5 heteroatoms. The van der Waals surface area contributed by atoms with E-state index in [1.54, 1.807) is 12.1 Å². The van der Waals surface area contributed by atoms with Gasteiger partial charge in [-0.2, -0.15) is 0 Å². The topological polar surface area (TPSA) is 52.0 Å². The van der Waals surface area contributed by atoms with Crippen LogP contribution in [0.1, 0.15) is 44.8 Å². The van der Waals surface area contributed by atoms with Gasteiger partial charge in [-0.15, -0.1) is 0 Å². The predicted octanol–water partition coefficient (Wildman–Crippen LogP) is 5.23. The Kier molecular flexibility index (Phi) is 5.62. The van der Waals surface area contributed by atoms with Crippen molar-refractivity contribution < 1.29 is 8.91 Å². The molecule has 0 radical (unpaired) electrons. The summed E-state index contributed by atoms with van der Waals surface area (Å²) < 4.78 is 19.4. The monoisotopic (exact) mass is 310 g/mol. The molecule has 0 unspecified atom stereocenters. The zero-order chi connectivity index (χ0) is 15.2. The molecule has 0 aliphatic carbocycles. The van der Waals surface area contributed by atoms with Gasteiger partial charge in [0.1, 0.15) is 11.6 Å². The Labute approximate surface area is 129 Å². The molecule has 21 heavy (non-hydrogen) atoms. The Hall–Kier alpha value is -1.55. The number of nitrogen functional groups attached to an aromatic ring is 1. The van der Waals surface area contributed by atoms with E-state index >= 15 is 0 Å².